The van der Waals surface area contributed by atoms with Crippen LogP contribution in [0.1, 0.15) is 40.7 Å². The zero-order valence-corrected chi connectivity index (χ0v) is 13.1. The molecular formula is C19H19ClN2O. The molecule has 118 valence electrons. The van der Waals surface area contributed by atoms with Crippen molar-refractivity contribution in [2.45, 2.75) is 25.6 Å². The summed E-state index contributed by atoms with van der Waals surface area (Å²) in [6, 6.07) is 7.16. The van der Waals surface area contributed by atoms with Crippen molar-refractivity contribution in [2.75, 3.05) is 13.0 Å². The van der Waals surface area contributed by atoms with Gasteiger partial charge in [0, 0.05) is 16.1 Å². The quantitative estimate of drug-likeness (QED) is 0.773. The first-order valence-corrected chi connectivity index (χ1v) is 7.90. The topological polar surface area (TPSA) is 45.1 Å². The third kappa shape index (κ3) is 2.75. The van der Waals surface area contributed by atoms with Crippen molar-refractivity contribution in [3.8, 4) is 5.75 Å². The van der Waals surface area contributed by atoms with Gasteiger partial charge in [0.15, 0.2) is 0 Å². The van der Waals surface area contributed by atoms with Crippen molar-refractivity contribution in [2.24, 2.45) is 0 Å². The van der Waals surface area contributed by atoms with E-state index in [1.165, 1.54) is 6.20 Å². The van der Waals surface area contributed by atoms with Crippen molar-refractivity contribution >= 4 is 17.2 Å². The number of aryl methyl sites for hydroxylation is 2. The van der Waals surface area contributed by atoms with E-state index in [4.69, 9.17) is 17.1 Å². The summed E-state index contributed by atoms with van der Waals surface area (Å²) in [6.45, 7) is -1.98. The molecule has 2 N–H and O–H groups in total. The molecule has 2 aliphatic rings. The van der Waals surface area contributed by atoms with Crippen LogP contribution in [0.3, 0.4) is 0 Å². The lowest BCUT2D eigenvalue weighted by atomic mass is 9.89. The summed E-state index contributed by atoms with van der Waals surface area (Å²) in [6.07, 6.45) is 0.695. The molecule has 1 aliphatic heterocycles. The van der Waals surface area contributed by atoms with Crippen LogP contribution < -0.4 is 5.32 Å². The van der Waals surface area contributed by atoms with Crippen LogP contribution in [0.2, 0.25) is 5.02 Å². The zero-order valence-electron chi connectivity index (χ0n) is 16.4. The van der Waals surface area contributed by atoms with E-state index in [1.807, 2.05) is 12.1 Å². The first-order chi connectivity index (χ1) is 12.9. The number of fused-ring (bicyclic) bond motifs is 2. The molecule has 1 aliphatic carbocycles. The fourth-order valence-corrected chi connectivity index (χ4v) is 3.36. The minimum Gasteiger partial charge on any atom is -0.506 e. The maximum atomic E-state index is 9.88. The monoisotopic (exact) mass is 330 g/mol. The fraction of sp³-hybridized carbons (Fsp3) is 0.316. The predicted molar refractivity (Wildman–Crippen MR) is 92.9 cm³/mol. The molecular weight excluding hydrogens is 308 g/mol. The summed E-state index contributed by atoms with van der Waals surface area (Å²) >= 11 is 6.19. The number of aromatic hydroxyl groups is 1. The number of nitrogens with zero attached hydrogens (tertiary/aromatic N) is 1. The molecule has 4 rings (SSSR count). The Morgan fingerprint density at radius 1 is 1.13 bits per heavy atom. The summed E-state index contributed by atoms with van der Waals surface area (Å²) < 4.78 is 33.3. The first-order valence-electron chi connectivity index (χ1n) is 9.84. The Balaban J connectivity index is 2.06. The smallest absolute Gasteiger partial charge is 0.134 e. The average molecular weight is 331 g/mol. The molecule has 1 aromatic carbocycles. The van der Waals surface area contributed by atoms with Crippen LogP contribution >= 0.6 is 11.6 Å². The van der Waals surface area contributed by atoms with Gasteiger partial charge < -0.3 is 10.4 Å². The number of hydrogen-bond donors (Lipinski definition) is 2. The lowest BCUT2D eigenvalue weighted by Crippen LogP contribution is -2.24. The fourth-order valence-electron chi connectivity index (χ4n) is 3.17. The molecule has 1 saturated heterocycles. The second kappa shape index (κ2) is 5.99. The molecule has 0 bridgehead atoms. The van der Waals surface area contributed by atoms with Crippen LogP contribution in [0.15, 0.2) is 36.0 Å². The lowest BCUT2D eigenvalue weighted by Gasteiger charge is -2.21. The second-order valence-electron chi connectivity index (χ2n) is 5.67. The van der Waals surface area contributed by atoms with Crippen LogP contribution in [-0.2, 0) is 12.8 Å². The highest BCUT2D eigenvalue weighted by Gasteiger charge is 2.23. The highest BCUT2D eigenvalue weighted by atomic mass is 35.5. The zero-order chi connectivity index (χ0) is 19.3. The van der Waals surface area contributed by atoms with E-state index in [2.05, 4.69) is 10.3 Å². The number of pyridine rings is 1. The minimum absolute atomic E-state index is 0.0639. The Kier molecular flexibility index (Phi) is 2.82. The van der Waals surface area contributed by atoms with Crippen LogP contribution in [0, 0.1) is 0 Å². The van der Waals surface area contributed by atoms with Gasteiger partial charge in [-0.15, -0.1) is 0 Å². The van der Waals surface area contributed by atoms with Gasteiger partial charge in [0.05, 0.1) is 11.9 Å². The van der Waals surface area contributed by atoms with Crippen LogP contribution in [-0.4, -0.2) is 23.1 Å². The van der Waals surface area contributed by atoms with Crippen LogP contribution in [0.5, 0.6) is 5.75 Å². The SMILES string of the molecule is [2H]C1NC([2H])C([2H])C(=C2c3ccc(Cl)cc3CCc3cc(O)cnc32)C1[2H]. The second-order valence-corrected chi connectivity index (χ2v) is 6.10. The number of rotatable bonds is 0. The standard InChI is InChI=1S/C19H19ClN2O/c20-15-3-4-17-13(9-15)1-2-14-10-16(23)11-22-19(14)18(17)12-5-7-21-8-6-12/h3-4,9-11,21,23H,1-2,5-8H2/i5D,6D,7D,8D. The molecule has 4 atom stereocenters. The number of halogens is 1. The van der Waals surface area contributed by atoms with Crippen molar-refractivity contribution < 1.29 is 10.6 Å². The van der Waals surface area contributed by atoms with Gasteiger partial charge in [-0.1, -0.05) is 23.2 Å². The highest BCUT2D eigenvalue weighted by molar-refractivity contribution is 6.30. The molecule has 0 amide bonds. The summed E-state index contributed by atoms with van der Waals surface area (Å²) in [5.74, 6) is 0.0639. The van der Waals surface area contributed by atoms with E-state index in [0.717, 1.165) is 16.7 Å². The lowest BCUT2D eigenvalue weighted by molar-refractivity contribution is 0.471. The maximum absolute atomic E-state index is 9.88. The van der Waals surface area contributed by atoms with E-state index >= 15 is 0 Å². The van der Waals surface area contributed by atoms with Crippen LogP contribution in [0.4, 0.5) is 0 Å². The summed E-state index contributed by atoms with van der Waals surface area (Å²) in [5.41, 5.74) is 4.29. The number of aromatic nitrogens is 1. The molecule has 0 saturated carbocycles. The van der Waals surface area contributed by atoms with Gasteiger partial charge in [0.1, 0.15) is 5.75 Å². The normalized spacial score (nSPS) is 32.7. The van der Waals surface area contributed by atoms with E-state index in [-0.39, 0.29) is 5.75 Å². The number of nitrogens with one attached hydrogen (secondary N) is 1. The Morgan fingerprint density at radius 2 is 1.91 bits per heavy atom. The Morgan fingerprint density at radius 3 is 2.74 bits per heavy atom. The van der Waals surface area contributed by atoms with E-state index in [1.54, 1.807) is 12.1 Å². The molecule has 3 nitrogen and oxygen atoms in total. The van der Waals surface area contributed by atoms with E-state index < -0.39 is 25.8 Å². The van der Waals surface area contributed by atoms with E-state index in [0.29, 0.717) is 34.7 Å². The number of hydrogen-bond acceptors (Lipinski definition) is 3. The van der Waals surface area contributed by atoms with Gasteiger partial charge >= 0.3 is 0 Å². The molecule has 4 unspecified atom stereocenters. The van der Waals surface area contributed by atoms with Gasteiger partial charge in [0.25, 0.3) is 0 Å². The van der Waals surface area contributed by atoms with Crippen molar-refractivity contribution in [3.05, 3.63) is 63.4 Å². The molecule has 2 aromatic rings. The first kappa shape index (κ1) is 10.8. The van der Waals surface area contributed by atoms with Gasteiger partial charge in [-0.25, -0.2) is 0 Å². The molecule has 4 heteroatoms. The van der Waals surface area contributed by atoms with Gasteiger partial charge in [-0.2, -0.15) is 0 Å². The molecule has 0 radical (unpaired) electrons. The molecule has 23 heavy (non-hydrogen) atoms. The summed E-state index contributed by atoms with van der Waals surface area (Å²) in [5, 5.41) is 13.2. The highest BCUT2D eigenvalue weighted by Crippen LogP contribution is 2.38. The Hall–Kier alpha value is -1.84. The van der Waals surface area contributed by atoms with Crippen molar-refractivity contribution in [1.29, 1.82) is 0 Å². The largest absolute Gasteiger partial charge is 0.506 e. The molecule has 0 spiro atoms. The Labute approximate surface area is 146 Å². The van der Waals surface area contributed by atoms with E-state index in [9.17, 15) is 5.11 Å². The van der Waals surface area contributed by atoms with Crippen molar-refractivity contribution in [3.63, 3.8) is 0 Å². The predicted octanol–water partition coefficient (Wildman–Crippen LogP) is 3.72. The third-order valence-electron chi connectivity index (χ3n) is 4.20. The molecule has 1 aromatic heterocycles. The van der Waals surface area contributed by atoms with Gasteiger partial charge in [-0.3, -0.25) is 4.98 Å². The molecule has 2 heterocycles. The third-order valence-corrected chi connectivity index (χ3v) is 4.43. The Bertz CT molecular complexity index is 864. The minimum atomic E-state index is -0.991. The van der Waals surface area contributed by atoms with Crippen LogP contribution in [0.25, 0.3) is 5.57 Å². The van der Waals surface area contributed by atoms with Gasteiger partial charge in [0.2, 0.25) is 0 Å². The number of piperidine rings is 1. The molecule has 1 fully saturated rings. The maximum Gasteiger partial charge on any atom is 0.134 e. The van der Waals surface area contributed by atoms with Gasteiger partial charge in [-0.05, 0) is 73.6 Å². The summed E-state index contributed by atoms with van der Waals surface area (Å²) in [7, 11) is 0. The average Bonchev–Trinajstić information content (AvgIpc) is 2.77. The van der Waals surface area contributed by atoms with Crippen molar-refractivity contribution in [1.82, 2.24) is 10.3 Å². The number of benzene rings is 1. The summed E-state index contributed by atoms with van der Waals surface area (Å²) in [4.78, 5) is 4.43.